The maximum Gasteiger partial charge on any atom is 0.325 e. The fourth-order valence-electron chi connectivity index (χ4n) is 2.11. The van der Waals surface area contributed by atoms with E-state index in [4.69, 9.17) is 9.79 Å². The fourth-order valence-corrected chi connectivity index (χ4v) is 5.52. The van der Waals surface area contributed by atoms with E-state index >= 15 is 0 Å². The molecule has 8 heteroatoms. The summed E-state index contributed by atoms with van der Waals surface area (Å²) in [6, 6.07) is 9.54. The third kappa shape index (κ3) is 6.10. The first-order valence-electron chi connectivity index (χ1n) is 6.64. The first-order valence-corrected chi connectivity index (χ1v) is 11.7. The summed E-state index contributed by atoms with van der Waals surface area (Å²) in [4.78, 5) is 18.0. The van der Waals surface area contributed by atoms with Crippen molar-refractivity contribution in [2.45, 2.75) is 12.8 Å². The molecule has 0 aliphatic carbocycles. The Labute approximate surface area is 175 Å². The van der Waals surface area contributed by atoms with Crippen LogP contribution < -0.4 is 0 Å². The largest absolute Gasteiger partial charge is 0.507 e. The maximum absolute atomic E-state index is 11.0. The van der Waals surface area contributed by atoms with Gasteiger partial charge in [0.2, 0.25) is 0 Å². The van der Waals surface area contributed by atoms with Crippen LogP contribution in [0.1, 0.15) is 16.7 Å². The van der Waals surface area contributed by atoms with E-state index in [1.165, 1.54) is 5.56 Å². The number of aryl methyl sites for hydroxylation is 1. The van der Waals surface area contributed by atoms with Gasteiger partial charge in [-0.2, -0.15) is 0 Å². The summed E-state index contributed by atoms with van der Waals surface area (Å²) in [5.41, 5.74) is 3.24. The third-order valence-electron chi connectivity index (χ3n) is 3.29. The molecule has 0 aromatic heterocycles. The van der Waals surface area contributed by atoms with Crippen LogP contribution in [0.25, 0.3) is 0 Å². The van der Waals surface area contributed by atoms with Gasteiger partial charge in [-0.3, -0.25) is 4.57 Å². The van der Waals surface area contributed by atoms with Gasteiger partial charge in [-0.15, -0.1) is 0 Å². The Hall–Kier alpha value is 0.580. The monoisotopic (exact) mass is 670 g/mol. The van der Waals surface area contributed by atoms with Gasteiger partial charge in [-0.25, -0.2) is 0 Å². The van der Waals surface area contributed by atoms with Crippen molar-refractivity contribution >= 4 is 75.4 Å². The molecule has 2 aromatic rings. The molecule has 0 heterocycles. The molecule has 0 atom stereocenters. The van der Waals surface area contributed by atoms with E-state index in [0.717, 1.165) is 28.3 Å². The smallest absolute Gasteiger partial charge is 0.325 e. The minimum absolute atomic E-state index is 0.130. The summed E-state index contributed by atoms with van der Waals surface area (Å²) in [6.45, 7) is 0. The molecule has 0 unspecified atom stereocenters. The Balaban J connectivity index is 2.23. The molecule has 0 radical (unpaired) electrons. The SMILES string of the molecule is O=P(O)(O)CCc1cc(I)c(Cc2ccc(O)c(I)c2)c(I)c1. The number of benzene rings is 2. The van der Waals surface area contributed by atoms with Gasteiger partial charge in [0.25, 0.3) is 0 Å². The second kappa shape index (κ2) is 8.31. The van der Waals surface area contributed by atoms with Crippen molar-refractivity contribution in [3.8, 4) is 5.75 Å². The van der Waals surface area contributed by atoms with Gasteiger partial charge in [0, 0.05) is 7.14 Å². The number of phenolic OH excluding ortho intramolecular Hbond substituents is 1. The maximum atomic E-state index is 11.0. The molecule has 124 valence electrons. The Morgan fingerprint density at radius 1 is 0.913 bits per heavy atom. The summed E-state index contributed by atoms with van der Waals surface area (Å²) in [5, 5.41) is 9.61. The standard InChI is InChI=1S/C15H14I3O4P/c16-12-6-10(3-4-23(20,21)22)7-13(17)11(12)5-9-1-2-15(19)14(18)8-9/h1-2,6-8,19H,3-5H2,(H2,20,21,22). The molecule has 2 aromatic carbocycles. The predicted octanol–water partition coefficient (Wildman–Crippen LogP) is 4.52. The normalized spacial score (nSPS) is 11.7. The van der Waals surface area contributed by atoms with Crippen molar-refractivity contribution in [2.75, 3.05) is 6.16 Å². The third-order valence-corrected chi connectivity index (χ3v) is 6.88. The topological polar surface area (TPSA) is 77.8 Å². The van der Waals surface area contributed by atoms with E-state index in [-0.39, 0.29) is 11.9 Å². The fraction of sp³-hybridized carbons (Fsp3) is 0.200. The van der Waals surface area contributed by atoms with Crippen LogP contribution in [0, 0.1) is 10.7 Å². The first-order chi connectivity index (χ1) is 10.7. The molecule has 0 saturated carbocycles. The highest BCUT2D eigenvalue weighted by atomic mass is 127. The first kappa shape index (κ1) is 19.9. The van der Waals surface area contributed by atoms with E-state index in [0.29, 0.717) is 6.42 Å². The number of hydrogen-bond donors (Lipinski definition) is 3. The Morgan fingerprint density at radius 3 is 2.00 bits per heavy atom. The summed E-state index contributed by atoms with van der Waals surface area (Å²) in [6.07, 6.45) is 0.994. The lowest BCUT2D eigenvalue weighted by molar-refractivity contribution is 0.373. The molecule has 23 heavy (non-hydrogen) atoms. The average Bonchev–Trinajstić information content (AvgIpc) is 2.43. The lowest BCUT2D eigenvalue weighted by Gasteiger charge is -2.12. The van der Waals surface area contributed by atoms with Crippen molar-refractivity contribution in [2.24, 2.45) is 0 Å². The molecule has 0 amide bonds. The molecule has 2 rings (SSSR count). The zero-order valence-electron chi connectivity index (χ0n) is 11.8. The Kier molecular flexibility index (Phi) is 7.19. The molecule has 0 spiro atoms. The minimum atomic E-state index is -3.97. The molecule has 0 fully saturated rings. The molecule has 3 N–H and O–H groups in total. The van der Waals surface area contributed by atoms with Crippen molar-refractivity contribution in [3.05, 3.63) is 57.7 Å². The lowest BCUT2D eigenvalue weighted by Crippen LogP contribution is -2.00. The van der Waals surface area contributed by atoms with Crippen LogP contribution in [0.3, 0.4) is 0 Å². The Morgan fingerprint density at radius 2 is 1.48 bits per heavy atom. The molecule has 4 nitrogen and oxygen atoms in total. The average molecular weight is 670 g/mol. The van der Waals surface area contributed by atoms with Gasteiger partial charge in [-0.1, -0.05) is 6.07 Å². The van der Waals surface area contributed by atoms with Crippen LogP contribution in [0.4, 0.5) is 0 Å². The van der Waals surface area contributed by atoms with E-state index in [9.17, 15) is 9.67 Å². The summed E-state index contributed by atoms with van der Waals surface area (Å²) in [7, 11) is -3.97. The lowest BCUT2D eigenvalue weighted by atomic mass is 10.0. The number of phenols is 1. The van der Waals surface area contributed by atoms with Gasteiger partial charge >= 0.3 is 7.60 Å². The van der Waals surface area contributed by atoms with Crippen LogP contribution in [-0.2, 0) is 17.4 Å². The highest BCUT2D eigenvalue weighted by Gasteiger charge is 2.15. The van der Waals surface area contributed by atoms with Gasteiger partial charge in [-0.05, 0) is 122 Å². The number of aromatic hydroxyl groups is 1. The molecular weight excluding hydrogens is 656 g/mol. The number of rotatable bonds is 5. The molecule has 0 saturated heterocycles. The van der Waals surface area contributed by atoms with Gasteiger partial charge in [0.05, 0.1) is 9.73 Å². The van der Waals surface area contributed by atoms with E-state index in [2.05, 4.69) is 67.8 Å². The van der Waals surface area contributed by atoms with Crippen molar-refractivity contribution in [1.82, 2.24) is 0 Å². The van der Waals surface area contributed by atoms with E-state index in [1.807, 2.05) is 24.3 Å². The minimum Gasteiger partial charge on any atom is -0.507 e. The van der Waals surface area contributed by atoms with Gasteiger partial charge in [0.15, 0.2) is 0 Å². The van der Waals surface area contributed by atoms with E-state index in [1.54, 1.807) is 6.07 Å². The van der Waals surface area contributed by atoms with Crippen molar-refractivity contribution in [3.63, 3.8) is 0 Å². The van der Waals surface area contributed by atoms with Crippen molar-refractivity contribution < 1.29 is 19.5 Å². The molecule has 0 aliphatic rings. The molecular formula is C15H14I3O4P. The zero-order valence-corrected chi connectivity index (χ0v) is 19.2. The Bertz CT molecular complexity index is 750. The van der Waals surface area contributed by atoms with Gasteiger partial charge in [0.1, 0.15) is 5.75 Å². The number of halogens is 3. The van der Waals surface area contributed by atoms with Crippen molar-refractivity contribution in [1.29, 1.82) is 0 Å². The van der Waals surface area contributed by atoms with Crippen LogP contribution >= 0.6 is 75.4 Å². The van der Waals surface area contributed by atoms with Crippen LogP contribution in [0.5, 0.6) is 5.75 Å². The summed E-state index contributed by atoms with van der Waals surface area (Å²) in [5.74, 6) is 0.284. The molecule has 0 bridgehead atoms. The zero-order chi connectivity index (χ0) is 17.2. The van der Waals surface area contributed by atoms with Gasteiger partial charge < -0.3 is 14.9 Å². The highest BCUT2D eigenvalue weighted by Crippen LogP contribution is 2.35. The molecule has 0 aliphatic heterocycles. The second-order valence-electron chi connectivity index (χ2n) is 5.14. The highest BCUT2D eigenvalue weighted by molar-refractivity contribution is 14.1. The predicted molar refractivity (Wildman–Crippen MR) is 116 cm³/mol. The second-order valence-corrected chi connectivity index (χ2v) is 10.4. The van der Waals surface area contributed by atoms with Crippen LogP contribution in [-0.4, -0.2) is 21.1 Å². The van der Waals surface area contributed by atoms with Crippen LogP contribution in [0.15, 0.2) is 30.3 Å². The van der Waals surface area contributed by atoms with Crippen LogP contribution in [0.2, 0.25) is 0 Å². The van der Waals surface area contributed by atoms with E-state index < -0.39 is 7.60 Å². The number of hydrogen-bond acceptors (Lipinski definition) is 2. The summed E-state index contributed by atoms with van der Waals surface area (Å²) < 4.78 is 14.0. The summed E-state index contributed by atoms with van der Waals surface area (Å²) >= 11 is 6.63. The quantitative estimate of drug-likeness (QED) is 0.324.